The maximum Gasteiger partial charge on any atom is 0.127 e. The fraction of sp³-hybridized carbons (Fsp3) is 0.857. The van der Waals surface area contributed by atoms with Gasteiger partial charge in [0, 0.05) is 5.56 Å². The highest BCUT2D eigenvalue weighted by atomic mass is 16.5. The quantitative estimate of drug-likeness (QED) is 0.768. The third-order valence-corrected chi connectivity index (χ3v) is 9.37. The van der Waals surface area contributed by atoms with E-state index in [2.05, 4.69) is 25.9 Å². The minimum Gasteiger partial charge on any atom is -0.390 e. The molecule has 0 aromatic carbocycles. The first-order valence-electron chi connectivity index (χ1n) is 10.00. The van der Waals surface area contributed by atoms with E-state index in [1.165, 1.54) is 43.4 Å². The lowest BCUT2D eigenvalue weighted by atomic mass is 9.44. The van der Waals surface area contributed by atoms with Gasteiger partial charge < -0.3 is 9.63 Å². The molecule has 7 atom stereocenters. The van der Waals surface area contributed by atoms with Crippen LogP contribution in [0.2, 0.25) is 0 Å². The molecule has 4 aliphatic rings. The monoisotopic (exact) mass is 329 g/mol. The first-order valence-corrected chi connectivity index (χ1v) is 10.00. The van der Waals surface area contributed by atoms with E-state index in [1.54, 1.807) is 0 Å². The summed E-state index contributed by atoms with van der Waals surface area (Å²) in [6.07, 6.45) is 11.6. The van der Waals surface area contributed by atoms with Crippen LogP contribution in [0.4, 0.5) is 0 Å². The van der Waals surface area contributed by atoms with Gasteiger partial charge in [0.2, 0.25) is 0 Å². The van der Waals surface area contributed by atoms with Crippen molar-refractivity contribution in [3.8, 4) is 0 Å². The van der Waals surface area contributed by atoms with Crippen LogP contribution in [0.25, 0.3) is 0 Å². The molecule has 132 valence electrons. The predicted octanol–water partition coefficient (Wildman–Crippen LogP) is 4.38. The number of aliphatic hydroxyl groups is 1. The van der Waals surface area contributed by atoms with Crippen LogP contribution in [-0.4, -0.2) is 15.9 Å². The van der Waals surface area contributed by atoms with E-state index in [0.29, 0.717) is 11.3 Å². The Morgan fingerprint density at radius 1 is 1.08 bits per heavy atom. The van der Waals surface area contributed by atoms with Gasteiger partial charge in [0.25, 0.3) is 0 Å². The van der Waals surface area contributed by atoms with Gasteiger partial charge in [0.15, 0.2) is 0 Å². The van der Waals surface area contributed by atoms with Crippen molar-refractivity contribution in [2.24, 2.45) is 34.5 Å². The minimum atomic E-state index is -0.464. The van der Waals surface area contributed by atoms with E-state index >= 15 is 0 Å². The molecule has 0 spiro atoms. The molecule has 1 N–H and O–H groups in total. The van der Waals surface area contributed by atoms with Crippen molar-refractivity contribution in [3.05, 3.63) is 17.5 Å². The summed E-state index contributed by atoms with van der Waals surface area (Å²) in [5.74, 6) is 3.10. The Labute approximate surface area is 145 Å². The van der Waals surface area contributed by atoms with Gasteiger partial charge in [-0.2, -0.15) is 0 Å². The fourth-order valence-corrected chi connectivity index (χ4v) is 7.63. The lowest BCUT2D eigenvalue weighted by Gasteiger charge is -2.60. The van der Waals surface area contributed by atoms with Crippen molar-refractivity contribution < 1.29 is 9.63 Å². The zero-order valence-electron chi connectivity index (χ0n) is 15.3. The van der Waals surface area contributed by atoms with Crippen LogP contribution in [0.5, 0.6) is 0 Å². The van der Waals surface area contributed by atoms with E-state index < -0.39 is 5.60 Å². The van der Waals surface area contributed by atoms with Gasteiger partial charge in [-0.3, -0.25) is 0 Å². The summed E-state index contributed by atoms with van der Waals surface area (Å²) in [5, 5.41) is 15.3. The Bertz CT molecular complexity index is 665. The molecule has 5 unspecified atom stereocenters. The topological polar surface area (TPSA) is 46.3 Å². The van der Waals surface area contributed by atoms with Crippen LogP contribution in [0.3, 0.4) is 0 Å². The van der Waals surface area contributed by atoms with E-state index in [0.717, 1.165) is 37.0 Å². The van der Waals surface area contributed by atoms with Crippen molar-refractivity contribution >= 4 is 0 Å². The summed E-state index contributed by atoms with van der Waals surface area (Å²) in [7, 11) is 0. The number of rotatable bonds is 0. The van der Waals surface area contributed by atoms with E-state index in [9.17, 15) is 5.11 Å². The normalized spacial score (nSPS) is 53.0. The average molecular weight is 329 g/mol. The highest BCUT2D eigenvalue weighted by Gasteiger charge is 2.63. The molecule has 0 bridgehead atoms. The van der Waals surface area contributed by atoms with Gasteiger partial charge in [-0.05, 0) is 92.8 Å². The maximum absolute atomic E-state index is 11.0. The molecule has 3 saturated carbocycles. The molecular formula is C21H31NO2. The second-order valence-corrected chi connectivity index (χ2v) is 10.1. The zero-order chi connectivity index (χ0) is 16.7. The van der Waals surface area contributed by atoms with Gasteiger partial charge in [-0.25, -0.2) is 0 Å². The first-order chi connectivity index (χ1) is 11.4. The Morgan fingerprint density at radius 2 is 1.88 bits per heavy atom. The molecule has 3 nitrogen and oxygen atoms in total. The van der Waals surface area contributed by atoms with Gasteiger partial charge in [0.05, 0.1) is 11.3 Å². The molecule has 24 heavy (non-hydrogen) atoms. The van der Waals surface area contributed by atoms with Crippen molar-refractivity contribution in [2.45, 2.75) is 77.7 Å². The van der Waals surface area contributed by atoms with E-state index in [-0.39, 0.29) is 5.41 Å². The van der Waals surface area contributed by atoms with Crippen LogP contribution >= 0.6 is 0 Å². The lowest BCUT2D eigenvalue weighted by Crippen LogP contribution is -2.56. The Hall–Kier alpha value is -0.830. The van der Waals surface area contributed by atoms with E-state index in [1.807, 2.05) is 6.26 Å². The molecule has 0 saturated heterocycles. The van der Waals surface area contributed by atoms with Crippen molar-refractivity contribution in [1.82, 2.24) is 5.16 Å². The molecule has 0 aliphatic heterocycles. The second-order valence-electron chi connectivity index (χ2n) is 10.1. The molecule has 1 aromatic rings. The predicted molar refractivity (Wildman–Crippen MR) is 92.4 cm³/mol. The summed E-state index contributed by atoms with van der Waals surface area (Å²) in [4.78, 5) is 0. The van der Waals surface area contributed by atoms with Gasteiger partial charge in [-0.15, -0.1) is 0 Å². The van der Waals surface area contributed by atoms with Crippen molar-refractivity contribution in [2.75, 3.05) is 0 Å². The molecule has 0 radical (unpaired) electrons. The lowest BCUT2D eigenvalue weighted by molar-refractivity contribution is -0.139. The third kappa shape index (κ3) is 1.75. The molecular weight excluding hydrogens is 298 g/mol. The fourth-order valence-electron chi connectivity index (χ4n) is 7.63. The van der Waals surface area contributed by atoms with Crippen molar-refractivity contribution in [1.29, 1.82) is 0 Å². The van der Waals surface area contributed by atoms with E-state index in [4.69, 9.17) is 4.52 Å². The highest BCUT2D eigenvalue weighted by molar-refractivity contribution is 5.25. The molecule has 1 heterocycles. The first kappa shape index (κ1) is 15.4. The van der Waals surface area contributed by atoms with Crippen LogP contribution < -0.4 is 0 Å². The largest absolute Gasteiger partial charge is 0.390 e. The number of fused-ring (bicyclic) bond motifs is 6. The molecule has 4 aliphatic carbocycles. The molecule has 5 rings (SSSR count). The van der Waals surface area contributed by atoms with Crippen LogP contribution in [0.1, 0.15) is 70.6 Å². The number of nitrogens with zero attached hydrogens (tertiary/aromatic N) is 1. The zero-order valence-corrected chi connectivity index (χ0v) is 15.3. The highest BCUT2D eigenvalue weighted by Crippen LogP contribution is 2.67. The maximum atomic E-state index is 11.0. The van der Waals surface area contributed by atoms with Crippen LogP contribution in [-0.2, 0) is 12.8 Å². The number of hydrogen-bond donors (Lipinski definition) is 1. The summed E-state index contributed by atoms with van der Waals surface area (Å²) < 4.78 is 5.28. The van der Waals surface area contributed by atoms with Gasteiger partial charge >= 0.3 is 0 Å². The number of aromatic nitrogens is 1. The Kier molecular flexibility index (Phi) is 3.00. The summed E-state index contributed by atoms with van der Waals surface area (Å²) in [5.41, 5.74) is 2.65. The molecule has 1 aromatic heterocycles. The third-order valence-electron chi connectivity index (χ3n) is 9.37. The number of hydrogen-bond acceptors (Lipinski definition) is 3. The second kappa shape index (κ2) is 4.66. The smallest absolute Gasteiger partial charge is 0.127 e. The summed E-state index contributed by atoms with van der Waals surface area (Å²) in [6, 6.07) is 0. The van der Waals surface area contributed by atoms with Crippen molar-refractivity contribution in [3.63, 3.8) is 0 Å². The Morgan fingerprint density at radius 3 is 2.71 bits per heavy atom. The summed E-state index contributed by atoms with van der Waals surface area (Å²) >= 11 is 0. The Balaban J connectivity index is 1.50. The molecule has 3 fully saturated rings. The summed E-state index contributed by atoms with van der Waals surface area (Å²) in [6.45, 7) is 7.04. The van der Waals surface area contributed by atoms with Gasteiger partial charge in [-0.1, -0.05) is 19.0 Å². The van der Waals surface area contributed by atoms with Crippen LogP contribution in [0.15, 0.2) is 10.8 Å². The average Bonchev–Trinajstić information content (AvgIpc) is 3.06. The SMILES string of the molecule is CC12Cc3conc3CC1CCC1C2CC[C@]2(C)C1CC[C@]2(C)O. The molecule has 0 amide bonds. The van der Waals surface area contributed by atoms with Crippen LogP contribution in [0, 0.1) is 34.5 Å². The standard InChI is InChI=1S/C21H31NO2/c1-19-11-13-12-24-22-18(13)10-14(19)4-5-15-16(19)6-8-20(2)17(15)7-9-21(20,3)23/h12,14-17,23H,4-11H2,1-3H3/t14?,15?,16?,17?,19?,20-,21+/m1/s1. The molecule has 3 heteroatoms. The van der Waals surface area contributed by atoms with Gasteiger partial charge in [0.1, 0.15) is 6.26 Å². The minimum absolute atomic E-state index is 0.133.